The maximum atomic E-state index is 13.4. The van der Waals surface area contributed by atoms with Gasteiger partial charge in [0.25, 0.3) is 0 Å². The van der Waals surface area contributed by atoms with Crippen molar-refractivity contribution in [3.8, 4) is 11.4 Å². The average molecular weight is 376 g/mol. The molecule has 0 atom stereocenters. The topological polar surface area (TPSA) is 52.0 Å². The molecule has 2 heterocycles. The molecule has 2 aromatic heterocycles. The van der Waals surface area contributed by atoms with E-state index in [-0.39, 0.29) is 5.82 Å². The lowest BCUT2D eigenvalue weighted by atomic mass is 10.2. The van der Waals surface area contributed by atoms with Gasteiger partial charge in [-0.3, -0.25) is 4.57 Å². The van der Waals surface area contributed by atoms with Crippen LogP contribution in [0.5, 0.6) is 5.75 Å². The number of nitrogens with zero attached hydrogens (tertiary/aromatic N) is 3. The second kappa shape index (κ2) is 6.96. The summed E-state index contributed by atoms with van der Waals surface area (Å²) in [6.07, 6.45) is 0. The Bertz CT molecular complexity index is 1170. The van der Waals surface area contributed by atoms with Crippen LogP contribution in [-0.2, 0) is 0 Å². The second-order valence-electron chi connectivity index (χ2n) is 6.67. The molecular weight excluding hydrogens is 355 g/mol. The summed E-state index contributed by atoms with van der Waals surface area (Å²) < 4.78 is 20.9. The van der Waals surface area contributed by atoms with Gasteiger partial charge in [-0.15, -0.1) is 0 Å². The molecule has 2 aromatic carbocycles. The molecule has 0 saturated heterocycles. The molecule has 142 valence electrons. The first kappa shape index (κ1) is 18.0. The van der Waals surface area contributed by atoms with Crippen molar-refractivity contribution in [2.45, 2.75) is 20.8 Å². The SMILES string of the molecule is COc1ccccc1Nc1nc(C)nc2c1c(C)c(C)n2-c1ccc(F)cc1. The molecule has 0 aliphatic heterocycles. The number of ether oxygens (including phenoxy) is 1. The molecule has 0 unspecified atom stereocenters. The minimum atomic E-state index is -0.265. The van der Waals surface area contributed by atoms with E-state index in [1.807, 2.05) is 49.6 Å². The summed E-state index contributed by atoms with van der Waals surface area (Å²) in [7, 11) is 1.64. The standard InChI is InChI=1S/C22H21FN4O/c1-13-14(2)27(17-11-9-16(23)10-12-17)22-20(13)21(24-15(3)25-22)26-18-7-5-6-8-19(18)28-4/h5-12H,1-4H3,(H,24,25,26). The van der Waals surface area contributed by atoms with Gasteiger partial charge in [0.15, 0.2) is 5.65 Å². The van der Waals surface area contributed by atoms with Crippen LogP contribution in [0, 0.1) is 26.6 Å². The summed E-state index contributed by atoms with van der Waals surface area (Å²) in [5.74, 6) is 1.83. The second-order valence-corrected chi connectivity index (χ2v) is 6.67. The van der Waals surface area contributed by atoms with Gasteiger partial charge in [0.05, 0.1) is 18.2 Å². The Morgan fingerprint density at radius 1 is 0.964 bits per heavy atom. The number of para-hydroxylation sites is 2. The molecule has 4 aromatic rings. The summed E-state index contributed by atoms with van der Waals surface area (Å²) in [6, 6.07) is 14.1. The number of anilines is 2. The number of rotatable bonds is 4. The van der Waals surface area contributed by atoms with Gasteiger partial charge >= 0.3 is 0 Å². The monoisotopic (exact) mass is 376 g/mol. The smallest absolute Gasteiger partial charge is 0.150 e. The third-order valence-electron chi connectivity index (χ3n) is 4.91. The van der Waals surface area contributed by atoms with Gasteiger partial charge in [-0.2, -0.15) is 0 Å². The maximum absolute atomic E-state index is 13.4. The number of methoxy groups -OCH3 is 1. The Balaban J connectivity index is 1.94. The minimum Gasteiger partial charge on any atom is -0.495 e. The number of hydrogen-bond acceptors (Lipinski definition) is 4. The van der Waals surface area contributed by atoms with Crippen molar-refractivity contribution in [3.05, 3.63) is 71.4 Å². The van der Waals surface area contributed by atoms with Crippen LogP contribution < -0.4 is 10.1 Å². The van der Waals surface area contributed by atoms with Gasteiger partial charge in [-0.1, -0.05) is 12.1 Å². The van der Waals surface area contributed by atoms with Crippen LogP contribution in [0.15, 0.2) is 48.5 Å². The van der Waals surface area contributed by atoms with Crippen LogP contribution in [0.3, 0.4) is 0 Å². The van der Waals surface area contributed by atoms with Crippen molar-refractivity contribution >= 4 is 22.5 Å². The zero-order valence-corrected chi connectivity index (χ0v) is 16.2. The molecular formula is C22H21FN4O. The van der Waals surface area contributed by atoms with Crippen LogP contribution in [-0.4, -0.2) is 21.6 Å². The van der Waals surface area contributed by atoms with Gasteiger partial charge < -0.3 is 10.1 Å². The molecule has 0 aliphatic rings. The van der Waals surface area contributed by atoms with Gasteiger partial charge in [0.2, 0.25) is 0 Å². The molecule has 4 rings (SSSR count). The van der Waals surface area contributed by atoms with E-state index < -0.39 is 0 Å². The van der Waals surface area contributed by atoms with E-state index in [0.29, 0.717) is 11.6 Å². The quantitative estimate of drug-likeness (QED) is 0.529. The van der Waals surface area contributed by atoms with Crippen molar-refractivity contribution in [1.82, 2.24) is 14.5 Å². The lowest BCUT2D eigenvalue weighted by molar-refractivity contribution is 0.417. The van der Waals surface area contributed by atoms with Crippen LogP contribution in [0.2, 0.25) is 0 Å². The lowest BCUT2D eigenvalue weighted by Gasteiger charge is -2.12. The largest absolute Gasteiger partial charge is 0.495 e. The number of nitrogens with one attached hydrogen (secondary N) is 1. The molecule has 0 saturated carbocycles. The molecule has 0 aliphatic carbocycles. The van der Waals surface area contributed by atoms with Gasteiger partial charge in [-0.05, 0) is 62.7 Å². The number of halogens is 1. The lowest BCUT2D eigenvalue weighted by Crippen LogP contribution is -2.02. The number of fused-ring (bicyclic) bond motifs is 1. The van der Waals surface area contributed by atoms with Crippen molar-refractivity contribution in [1.29, 1.82) is 0 Å². The average Bonchev–Trinajstić information content (AvgIpc) is 2.93. The third-order valence-corrected chi connectivity index (χ3v) is 4.91. The first-order chi connectivity index (χ1) is 13.5. The summed E-state index contributed by atoms with van der Waals surface area (Å²) in [4.78, 5) is 9.33. The van der Waals surface area contributed by atoms with Crippen LogP contribution >= 0.6 is 0 Å². The number of benzene rings is 2. The zero-order valence-electron chi connectivity index (χ0n) is 16.2. The summed E-state index contributed by atoms with van der Waals surface area (Å²) in [5, 5.41) is 4.33. The van der Waals surface area contributed by atoms with Gasteiger partial charge in [0, 0.05) is 11.4 Å². The minimum absolute atomic E-state index is 0.265. The Kier molecular flexibility index (Phi) is 4.47. The Morgan fingerprint density at radius 2 is 1.68 bits per heavy atom. The third kappa shape index (κ3) is 2.97. The predicted molar refractivity (Wildman–Crippen MR) is 109 cm³/mol. The normalized spacial score (nSPS) is 11.0. The summed E-state index contributed by atoms with van der Waals surface area (Å²) in [5.41, 5.74) is 4.57. The van der Waals surface area contributed by atoms with E-state index in [0.717, 1.165) is 39.4 Å². The number of hydrogen-bond donors (Lipinski definition) is 1. The molecule has 5 nitrogen and oxygen atoms in total. The molecule has 0 amide bonds. The number of aryl methyl sites for hydroxylation is 2. The first-order valence-corrected chi connectivity index (χ1v) is 9.02. The van der Waals surface area contributed by atoms with Crippen molar-refractivity contribution < 1.29 is 9.13 Å². The first-order valence-electron chi connectivity index (χ1n) is 9.02. The highest BCUT2D eigenvalue weighted by molar-refractivity contribution is 5.95. The van der Waals surface area contributed by atoms with Crippen LogP contribution in [0.1, 0.15) is 17.1 Å². The van der Waals surface area contributed by atoms with Crippen molar-refractivity contribution in [3.63, 3.8) is 0 Å². The Hall–Kier alpha value is -3.41. The molecule has 0 bridgehead atoms. The van der Waals surface area contributed by atoms with Crippen molar-refractivity contribution in [2.24, 2.45) is 0 Å². The fourth-order valence-electron chi connectivity index (χ4n) is 3.44. The molecule has 6 heteroatoms. The molecule has 1 N–H and O–H groups in total. The molecule has 0 fully saturated rings. The highest BCUT2D eigenvalue weighted by Gasteiger charge is 2.19. The van der Waals surface area contributed by atoms with E-state index >= 15 is 0 Å². The maximum Gasteiger partial charge on any atom is 0.150 e. The highest BCUT2D eigenvalue weighted by Crippen LogP contribution is 2.35. The Labute approximate surface area is 162 Å². The van der Waals surface area contributed by atoms with Crippen LogP contribution in [0.4, 0.5) is 15.9 Å². The van der Waals surface area contributed by atoms with Gasteiger partial charge in [0.1, 0.15) is 23.2 Å². The van der Waals surface area contributed by atoms with Crippen LogP contribution in [0.25, 0.3) is 16.7 Å². The molecule has 0 radical (unpaired) electrons. The van der Waals surface area contributed by atoms with E-state index in [1.165, 1.54) is 12.1 Å². The highest BCUT2D eigenvalue weighted by atomic mass is 19.1. The van der Waals surface area contributed by atoms with E-state index in [9.17, 15) is 4.39 Å². The molecule has 0 spiro atoms. The fourth-order valence-corrected chi connectivity index (χ4v) is 3.44. The van der Waals surface area contributed by atoms with E-state index in [2.05, 4.69) is 15.3 Å². The fraction of sp³-hybridized carbons (Fsp3) is 0.182. The zero-order chi connectivity index (χ0) is 19.8. The van der Waals surface area contributed by atoms with E-state index in [1.54, 1.807) is 19.2 Å². The predicted octanol–water partition coefficient (Wildman–Crippen LogP) is 5.24. The Morgan fingerprint density at radius 3 is 2.39 bits per heavy atom. The molecule has 28 heavy (non-hydrogen) atoms. The number of aromatic nitrogens is 3. The van der Waals surface area contributed by atoms with Crippen molar-refractivity contribution in [2.75, 3.05) is 12.4 Å². The summed E-state index contributed by atoms with van der Waals surface area (Å²) >= 11 is 0. The van der Waals surface area contributed by atoms with Gasteiger partial charge in [-0.25, -0.2) is 14.4 Å². The van der Waals surface area contributed by atoms with E-state index in [4.69, 9.17) is 4.74 Å². The summed E-state index contributed by atoms with van der Waals surface area (Å²) in [6.45, 7) is 5.94.